The van der Waals surface area contributed by atoms with Gasteiger partial charge in [-0.2, -0.15) is 0 Å². The molecule has 3 heterocycles. The van der Waals surface area contributed by atoms with Crippen LogP contribution in [0.15, 0.2) is 79.9 Å². The van der Waals surface area contributed by atoms with Crippen molar-refractivity contribution in [1.29, 1.82) is 0 Å². The fourth-order valence-electron chi connectivity index (χ4n) is 3.17. The van der Waals surface area contributed by atoms with Gasteiger partial charge in [0.15, 0.2) is 0 Å². The van der Waals surface area contributed by atoms with Gasteiger partial charge in [-0.05, 0) is 35.9 Å². The normalized spacial score (nSPS) is 18.3. The predicted molar refractivity (Wildman–Crippen MR) is 107 cm³/mol. The number of thioether (sulfide) groups is 1. The van der Waals surface area contributed by atoms with Crippen LogP contribution < -0.4 is 5.63 Å². The Morgan fingerprint density at radius 1 is 1.11 bits per heavy atom. The molecule has 0 fully saturated rings. The van der Waals surface area contributed by atoms with Gasteiger partial charge in [0.05, 0.1) is 16.3 Å². The minimum atomic E-state index is -0.398. The topological polar surface area (TPSA) is 54.9 Å². The van der Waals surface area contributed by atoms with Crippen LogP contribution >= 0.6 is 11.8 Å². The van der Waals surface area contributed by atoms with Gasteiger partial charge in [-0.3, -0.25) is 4.99 Å². The van der Waals surface area contributed by atoms with Crippen LogP contribution in [0.5, 0.6) is 0 Å². The standard InChI is InChI=1S/C21H13FN2O2S/c22-14-7-5-12(6-8-14)9-19-23-17-11-16(24-20(17)27-19)15-10-13-3-1-2-4-18(13)26-21(15)25/h1-8,10-11,17H,9H2/t17-/m1/s1. The molecule has 1 aromatic heterocycles. The van der Waals surface area contributed by atoms with E-state index in [-0.39, 0.29) is 11.9 Å². The van der Waals surface area contributed by atoms with Crippen LogP contribution in [0.4, 0.5) is 4.39 Å². The van der Waals surface area contributed by atoms with Gasteiger partial charge in [0.25, 0.3) is 0 Å². The van der Waals surface area contributed by atoms with Crippen LogP contribution in [0.25, 0.3) is 16.7 Å². The van der Waals surface area contributed by atoms with Crippen molar-refractivity contribution >= 4 is 38.5 Å². The molecule has 0 bridgehead atoms. The van der Waals surface area contributed by atoms with Crippen LogP contribution in [0.2, 0.25) is 0 Å². The Balaban J connectivity index is 1.42. The van der Waals surface area contributed by atoms with E-state index in [1.165, 1.54) is 23.9 Å². The Kier molecular flexibility index (Phi) is 3.79. The van der Waals surface area contributed by atoms with Crippen molar-refractivity contribution in [3.8, 4) is 0 Å². The van der Waals surface area contributed by atoms with Crippen molar-refractivity contribution in [2.75, 3.05) is 0 Å². The van der Waals surface area contributed by atoms with Crippen molar-refractivity contribution < 1.29 is 8.81 Å². The molecule has 0 radical (unpaired) electrons. The Bertz CT molecular complexity index is 1210. The summed E-state index contributed by atoms with van der Waals surface area (Å²) in [7, 11) is 0. The van der Waals surface area contributed by atoms with Crippen LogP contribution in [-0.2, 0) is 6.42 Å². The van der Waals surface area contributed by atoms with Crippen molar-refractivity contribution in [2.24, 2.45) is 9.98 Å². The van der Waals surface area contributed by atoms with E-state index in [0.717, 1.165) is 21.0 Å². The zero-order chi connectivity index (χ0) is 18.4. The van der Waals surface area contributed by atoms with E-state index in [1.54, 1.807) is 18.2 Å². The van der Waals surface area contributed by atoms with Gasteiger partial charge in [-0.15, -0.1) is 0 Å². The van der Waals surface area contributed by atoms with E-state index in [1.807, 2.05) is 30.3 Å². The lowest BCUT2D eigenvalue weighted by atomic mass is 10.1. The van der Waals surface area contributed by atoms with E-state index in [9.17, 15) is 9.18 Å². The lowest BCUT2D eigenvalue weighted by Crippen LogP contribution is -2.05. The summed E-state index contributed by atoms with van der Waals surface area (Å²) >= 11 is 1.51. The summed E-state index contributed by atoms with van der Waals surface area (Å²) in [6.07, 6.45) is 2.53. The first kappa shape index (κ1) is 16.2. The molecule has 0 N–H and O–H groups in total. The van der Waals surface area contributed by atoms with Crippen LogP contribution in [0, 0.1) is 5.82 Å². The largest absolute Gasteiger partial charge is 0.422 e. The first-order valence-electron chi connectivity index (χ1n) is 8.48. The van der Waals surface area contributed by atoms with Gasteiger partial charge >= 0.3 is 5.63 Å². The van der Waals surface area contributed by atoms with E-state index in [2.05, 4.69) is 9.98 Å². The lowest BCUT2D eigenvalue weighted by molar-refractivity contribution is 0.558. The number of halogens is 1. The minimum absolute atomic E-state index is 0.161. The van der Waals surface area contributed by atoms with Crippen LogP contribution in [0.1, 0.15) is 11.1 Å². The highest BCUT2D eigenvalue weighted by molar-refractivity contribution is 8.27. The van der Waals surface area contributed by atoms with Crippen molar-refractivity contribution in [3.05, 3.63) is 88.0 Å². The van der Waals surface area contributed by atoms with Gasteiger partial charge < -0.3 is 4.42 Å². The maximum absolute atomic E-state index is 13.0. The second-order valence-corrected chi connectivity index (χ2v) is 7.45. The molecule has 3 aromatic rings. The summed E-state index contributed by atoms with van der Waals surface area (Å²) in [5, 5.41) is 2.65. The molecular formula is C21H13FN2O2S. The maximum atomic E-state index is 13.0. The minimum Gasteiger partial charge on any atom is -0.422 e. The Labute approximate surface area is 158 Å². The number of para-hydroxylation sites is 1. The fourth-order valence-corrected chi connectivity index (χ4v) is 4.20. The molecule has 4 nitrogen and oxygen atoms in total. The number of nitrogens with zero attached hydrogens (tertiary/aromatic N) is 2. The quantitative estimate of drug-likeness (QED) is 0.635. The molecule has 2 aliphatic rings. The molecular weight excluding hydrogens is 363 g/mol. The Morgan fingerprint density at radius 2 is 1.93 bits per heavy atom. The van der Waals surface area contributed by atoms with Gasteiger partial charge in [0, 0.05) is 11.8 Å². The highest BCUT2D eigenvalue weighted by Gasteiger charge is 2.30. The summed E-state index contributed by atoms with van der Waals surface area (Å²) in [5.74, 6) is -0.247. The zero-order valence-corrected chi connectivity index (χ0v) is 14.9. The van der Waals surface area contributed by atoms with E-state index < -0.39 is 5.63 Å². The number of aliphatic imine (C=N–C) groups is 2. The molecule has 0 amide bonds. The third-order valence-corrected chi connectivity index (χ3v) is 5.52. The number of hydrogen-bond acceptors (Lipinski definition) is 5. The highest BCUT2D eigenvalue weighted by Crippen LogP contribution is 2.34. The van der Waals surface area contributed by atoms with Gasteiger partial charge in [0.2, 0.25) is 0 Å². The molecule has 27 heavy (non-hydrogen) atoms. The van der Waals surface area contributed by atoms with Crippen LogP contribution in [-0.4, -0.2) is 16.1 Å². The molecule has 132 valence electrons. The maximum Gasteiger partial charge on any atom is 0.345 e. The summed E-state index contributed by atoms with van der Waals surface area (Å²) in [5.41, 5.74) is 2.22. The van der Waals surface area contributed by atoms with Gasteiger partial charge in [-0.1, -0.05) is 42.1 Å². The van der Waals surface area contributed by atoms with E-state index >= 15 is 0 Å². The average molecular weight is 376 g/mol. The second-order valence-electron chi connectivity index (χ2n) is 6.36. The SMILES string of the molecule is O=c1oc2ccccc2cc1C1=C[C@H]2N=C(Cc3ccc(F)cc3)SC2=N1. The molecule has 2 aliphatic heterocycles. The molecule has 6 heteroatoms. The van der Waals surface area contributed by atoms with Gasteiger partial charge in [-0.25, -0.2) is 14.2 Å². The number of fused-ring (bicyclic) bond motifs is 2. The first-order chi connectivity index (χ1) is 13.2. The molecule has 0 spiro atoms. The molecule has 0 unspecified atom stereocenters. The summed E-state index contributed by atoms with van der Waals surface area (Å²) in [4.78, 5) is 21.6. The van der Waals surface area contributed by atoms with Crippen molar-refractivity contribution in [3.63, 3.8) is 0 Å². The monoisotopic (exact) mass is 376 g/mol. The molecule has 5 rings (SSSR count). The van der Waals surface area contributed by atoms with Gasteiger partial charge in [0.1, 0.15) is 22.5 Å². The number of hydrogen-bond donors (Lipinski definition) is 0. The molecule has 1 atom stereocenters. The van der Waals surface area contributed by atoms with E-state index in [4.69, 9.17) is 4.42 Å². The average Bonchev–Trinajstić information content (AvgIpc) is 3.21. The molecule has 2 aromatic carbocycles. The number of benzene rings is 2. The molecule has 0 aliphatic carbocycles. The van der Waals surface area contributed by atoms with Crippen molar-refractivity contribution in [2.45, 2.75) is 12.5 Å². The third-order valence-electron chi connectivity index (χ3n) is 4.49. The first-order valence-corrected chi connectivity index (χ1v) is 9.30. The lowest BCUT2D eigenvalue weighted by Gasteiger charge is -2.02. The Morgan fingerprint density at radius 3 is 2.74 bits per heavy atom. The molecule has 0 saturated heterocycles. The highest BCUT2D eigenvalue weighted by atomic mass is 32.2. The zero-order valence-electron chi connectivity index (χ0n) is 14.1. The van der Waals surface area contributed by atoms with Crippen LogP contribution in [0.3, 0.4) is 0 Å². The summed E-state index contributed by atoms with van der Waals surface area (Å²) in [6.45, 7) is 0. The predicted octanol–water partition coefficient (Wildman–Crippen LogP) is 4.44. The summed E-state index contributed by atoms with van der Waals surface area (Å²) in [6, 6.07) is 15.5. The smallest absolute Gasteiger partial charge is 0.345 e. The third kappa shape index (κ3) is 3.02. The fraction of sp³-hybridized carbons (Fsp3) is 0.0952. The number of rotatable bonds is 3. The summed E-state index contributed by atoms with van der Waals surface area (Å²) < 4.78 is 18.4. The van der Waals surface area contributed by atoms with Crippen molar-refractivity contribution in [1.82, 2.24) is 0 Å². The Hall–Kier alpha value is -2.99. The van der Waals surface area contributed by atoms with E-state index in [0.29, 0.717) is 23.3 Å². The molecule has 0 saturated carbocycles. The second kappa shape index (κ2) is 6.32.